The molecule has 25 heavy (non-hydrogen) atoms. The van der Waals surface area contributed by atoms with Crippen LogP contribution in [0.5, 0.6) is 11.5 Å². The third-order valence-corrected chi connectivity index (χ3v) is 4.63. The van der Waals surface area contributed by atoms with Crippen LogP contribution in [-0.2, 0) is 0 Å². The summed E-state index contributed by atoms with van der Waals surface area (Å²) in [6, 6.07) is 5.83. The van der Waals surface area contributed by atoms with E-state index in [9.17, 15) is 0 Å². The molecular weight excluding hydrogens is 316 g/mol. The molecule has 0 aliphatic carbocycles. The van der Waals surface area contributed by atoms with Gasteiger partial charge in [-0.05, 0) is 38.1 Å². The van der Waals surface area contributed by atoms with Crippen LogP contribution in [0.1, 0.15) is 24.5 Å². The molecule has 6 nitrogen and oxygen atoms in total. The van der Waals surface area contributed by atoms with Gasteiger partial charge in [0.25, 0.3) is 0 Å². The van der Waals surface area contributed by atoms with E-state index in [1.54, 1.807) is 14.2 Å². The number of rotatable bonds is 5. The summed E-state index contributed by atoms with van der Waals surface area (Å²) >= 11 is 0. The summed E-state index contributed by atoms with van der Waals surface area (Å²) in [7, 11) is 7.28. The van der Waals surface area contributed by atoms with Crippen molar-refractivity contribution in [2.24, 2.45) is 0 Å². The molecule has 1 fully saturated rings. The molecule has 0 unspecified atom stereocenters. The summed E-state index contributed by atoms with van der Waals surface area (Å²) in [5.41, 5.74) is 2.99. The number of benzene rings is 1. The van der Waals surface area contributed by atoms with Gasteiger partial charge in [-0.2, -0.15) is 0 Å². The van der Waals surface area contributed by atoms with Gasteiger partial charge in [0.2, 0.25) is 5.95 Å². The van der Waals surface area contributed by atoms with E-state index in [1.807, 2.05) is 43.4 Å². The van der Waals surface area contributed by atoms with Gasteiger partial charge in [-0.3, -0.25) is 0 Å². The Morgan fingerprint density at radius 1 is 1.08 bits per heavy atom. The van der Waals surface area contributed by atoms with Gasteiger partial charge >= 0.3 is 0 Å². The third kappa shape index (κ3) is 3.54. The summed E-state index contributed by atoms with van der Waals surface area (Å²) in [5, 5.41) is 3.42. The predicted octanol–water partition coefficient (Wildman–Crippen LogP) is 2.69. The topological polar surface area (TPSA) is 59.5 Å². The van der Waals surface area contributed by atoms with Crippen LogP contribution in [0.4, 0.5) is 5.95 Å². The third-order valence-electron chi connectivity index (χ3n) is 4.63. The zero-order valence-corrected chi connectivity index (χ0v) is 15.4. The van der Waals surface area contributed by atoms with Gasteiger partial charge in [-0.15, -0.1) is 0 Å². The van der Waals surface area contributed by atoms with Crippen LogP contribution in [-0.4, -0.2) is 51.4 Å². The minimum atomic E-state index is 0.396. The van der Waals surface area contributed by atoms with Crippen LogP contribution < -0.4 is 19.7 Å². The molecule has 1 aliphatic rings. The molecule has 1 aromatic heterocycles. The molecule has 0 amide bonds. The largest absolute Gasteiger partial charge is 0.496 e. The highest BCUT2D eigenvalue weighted by molar-refractivity contribution is 5.78. The summed E-state index contributed by atoms with van der Waals surface area (Å²) in [6.07, 6.45) is 4.03. The molecule has 0 radical (unpaired) electrons. The first-order valence-corrected chi connectivity index (χ1v) is 8.62. The highest BCUT2D eigenvalue weighted by Crippen LogP contribution is 2.42. The van der Waals surface area contributed by atoms with E-state index in [2.05, 4.69) is 10.3 Å². The van der Waals surface area contributed by atoms with Crippen LogP contribution in [0.2, 0.25) is 0 Å². The van der Waals surface area contributed by atoms with E-state index < -0.39 is 0 Å². The summed E-state index contributed by atoms with van der Waals surface area (Å²) < 4.78 is 11.2. The van der Waals surface area contributed by atoms with Crippen LogP contribution in [0.25, 0.3) is 11.1 Å². The molecule has 2 aromatic rings. The number of piperidine rings is 1. The van der Waals surface area contributed by atoms with Crippen LogP contribution in [0.15, 0.2) is 24.4 Å². The Labute approximate surface area is 149 Å². The standard InChI is InChI=1S/C19H26N4O2/c1-23(2)19-21-12-14(18(22-19)13-8-10-20-11-9-13)17-15(24-3)6-5-7-16(17)25-4/h5-7,12-13,20H,8-11H2,1-4H3. The number of nitrogens with one attached hydrogen (secondary N) is 1. The number of aromatic nitrogens is 2. The first kappa shape index (κ1) is 17.5. The Hall–Kier alpha value is -2.34. The molecule has 134 valence electrons. The molecule has 1 N–H and O–H groups in total. The highest BCUT2D eigenvalue weighted by Gasteiger charge is 2.25. The number of anilines is 1. The van der Waals surface area contributed by atoms with Gasteiger partial charge in [-0.25, -0.2) is 9.97 Å². The van der Waals surface area contributed by atoms with Gasteiger partial charge in [0.15, 0.2) is 0 Å². The van der Waals surface area contributed by atoms with Crippen molar-refractivity contribution in [3.8, 4) is 22.6 Å². The summed E-state index contributed by atoms with van der Waals surface area (Å²) in [4.78, 5) is 11.4. The quantitative estimate of drug-likeness (QED) is 0.901. The van der Waals surface area contributed by atoms with E-state index in [-0.39, 0.29) is 0 Å². The monoisotopic (exact) mass is 342 g/mol. The maximum atomic E-state index is 5.60. The Bertz CT molecular complexity index is 705. The van der Waals surface area contributed by atoms with E-state index in [0.717, 1.165) is 60.2 Å². The zero-order chi connectivity index (χ0) is 17.8. The minimum Gasteiger partial charge on any atom is -0.496 e. The van der Waals surface area contributed by atoms with Crippen molar-refractivity contribution in [1.29, 1.82) is 0 Å². The lowest BCUT2D eigenvalue weighted by atomic mass is 9.89. The van der Waals surface area contributed by atoms with E-state index in [0.29, 0.717) is 5.92 Å². The van der Waals surface area contributed by atoms with E-state index in [4.69, 9.17) is 14.5 Å². The molecule has 1 saturated heterocycles. The van der Waals surface area contributed by atoms with Crippen molar-refractivity contribution in [1.82, 2.24) is 15.3 Å². The first-order chi connectivity index (χ1) is 12.2. The van der Waals surface area contributed by atoms with E-state index >= 15 is 0 Å². The van der Waals surface area contributed by atoms with Gasteiger partial charge in [-0.1, -0.05) is 6.07 Å². The molecule has 0 spiro atoms. The fraction of sp³-hybridized carbons (Fsp3) is 0.474. The second kappa shape index (κ2) is 7.70. The Morgan fingerprint density at radius 3 is 2.28 bits per heavy atom. The maximum Gasteiger partial charge on any atom is 0.225 e. The van der Waals surface area contributed by atoms with Crippen LogP contribution in [0.3, 0.4) is 0 Å². The lowest BCUT2D eigenvalue weighted by molar-refractivity contribution is 0.397. The smallest absolute Gasteiger partial charge is 0.225 e. The summed E-state index contributed by atoms with van der Waals surface area (Å²) in [6.45, 7) is 2.02. The molecule has 0 saturated carbocycles. The Kier molecular flexibility index (Phi) is 5.38. The maximum absolute atomic E-state index is 5.60. The number of hydrogen-bond donors (Lipinski definition) is 1. The molecule has 1 aromatic carbocycles. The van der Waals surface area contributed by atoms with Crippen molar-refractivity contribution in [3.63, 3.8) is 0 Å². The number of nitrogens with zero attached hydrogens (tertiary/aromatic N) is 3. The summed E-state index contributed by atoms with van der Waals surface area (Å²) in [5.74, 6) is 2.67. The molecular formula is C19H26N4O2. The van der Waals surface area contributed by atoms with Crippen LogP contribution in [0, 0.1) is 0 Å². The Balaban J connectivity index is 2.18. The predicted molar refractivity (Wildman–Crippen MR) is 99.7 cm³/mol. The molecule has 6 heteroatoms. The normalized spacial score (nSPS) is 15.0. The Morgan fingerprint density at radius 2 is 1.72 bits per heavy atom. The number of ether oxygens (including phenoxy) is 2. The number of hydrogen-bond acceptors (Lipinski definition) is 6. The second-order valence-corrected chi connectivity index (χ2v) is 6.43. The van der Waals surface area contributed by atoms with Crippen molar-refractivity contribution in [3.05, 3.63) is 30.1 Å². The second-order valence-electron chi connectivity index (χ2n) is 6.43. The fourth-order valence-corrected chi connectivity index (χ4v) is 3.32. The van der Waals surface area contributed by atoms with Gasteiger partial charge in [0.05, 0.1) is 25.5 Å². The fourth-order valence-electron chi connectivity index (χ4n) is 3.32. The average Bonchev–Trinajstić information content (AvgIpc) is 2.67. The van der Waals surface area contributed by atoms with Crippen molar-refractivity contribution < 1.29 is 9.47 Å². The molecule has 1 aliphatic heterocycles. The van der Waals surface area contributed by atoms with Gasteiger partial charge in [0, 0.05) is 31.8 Å². The van der Waals surface area contributed by atoms with Crippen molar-refractivity contribution in [2.45, 2.75) is 18.8 Å². The lowest BCUT2D eigenvalue weighted by Gasteiger charge is -2.26. The highest BCUT2D eigenvalue weighted by atomic mass is 16.5. The SMILES string of the molecule is COc1cccc(OC)c1-c1cnc(N(C)C)nc1C1CCNCC1. The van der Waals surface area contributed by atoms with Gasteiger partial charge in [0.1, 0.15) is 11.5 Å². The number of methoxy groups -OCH3 is 2. The molecule has 3 rings (SSSR count). The zero-order valence-electron chi connectivity index (χ0n) is 15.4. The minimum absolute atomic E-state index is 0.396. The molecule has 0 atom stereocenters. The van der Waals surface area contributed by atoms with E-state index in [1.165, 1.54) is 0 Å². The van der Waals surface area contributed by atoms with Crippen molar-refractivity contribution >= 4 is 5.95 Å². The van der Waals surface area contributed by atoms with Crippen molar-refractivity contribution in [2.75, 3.05) is 46.3 Å². The van der Waals surface area contributed by atoms with Gasteiger partial charge < -0.3 is 19.7 Å². The van der Waals surface area contributed by atoms with Crippen LogP contribution >= 0.6 is 0 Å². The molecule has 2 heterocycles. The lowest BCUT2D eigenvalue weighted by Crippen LogP contribution is -2.28. The first-order valence-electron chi connectivity index (χ1n) is 8.62. The molecule has 0 bridgehead atoms. The average molecular weight is 342 g/mol.